The van der Waals surface area contributed by atoms with E-state index in [2.05, 4.69) is 24.3 Å². The molecule has 0 radical (unpaired) electrons. The van der Waals surface area contributed by atoms with Gasteiger partial charge in [-0.25, -0.2) is 0 Å². The van der Waals surface area contributed by atoms with Gasteiger partial charge in [-0.15, -0.1) is 0 Å². The van der Waals surface area contributed by atoms with Crippen LogP contribution in [-0.2, 0) is 9.53 Å². The van der Waals surface area contributed by atoms with Crippen molar-refractivity contribution in [3.05, 3.63) is 24.3 Å². The van der Waals surface area contributed by atoms with Gasteiger partial charge in [0.2, 0.25) is 0 Å². The van der Waals surface area contributed by atoms with E-state index in [1.165, 1.54) is 12.8 Å². The second kappa shape index (κ2) is 6.21. The van der Waals surface area contributed by atoms with E-state index in [1.807, 2.05) is 0 Å². The fourth-order valence-electron chi connectivity index (χ4n) is 3.25. The Kier molecular flexibility index (Phi) is 4.62. The van der Waals surface area contributed by atoms with Gasteiger partial charge in [-0.2, -0.15) is 0 Å². The molecular formula is C16H24O2. The summed E-state index contributed by atoms with van der Waals surface area (Å²) in [6.07, 6.45) is 17.7. The molecule has 2 atom stereocenters. The van der Waals surface area contributed by atoms with E-state index >= 15 is 0 Å². The fraction of sp³-hybridized carbons (Fsp3) is 0.688. The molecule has 0 aliphatic heterocycles. The van der Waals surface area contributed by atoms with Gasteiger partial charge >= 0.3 is 5.97 Å². The lowest BCUT2D eigenvalue weighted by Crippen LogP contribution is -2.36. The molecule has 2 unspecified atom stereocenters. The Hall–Kier alpha value is -1.05. The van der Waals surface area contributed by atoms with Crippen molar-refractivity contribution < 1.29 is 9.53 Å². The van der Waals surface area contributed by atoms with E-state index < -0.39 is 0 Å². The third-order valence-corrected chi connectivity index (χ3v) is 4.04. The quantitative estimate of drug-likeness (QED) is 0.553. The van der Waals surface area contributed by atoms with Crippen molar-refractivity contribution in [3.63, 3.8) is 0 Å². The van der Waals surface area contributed by atoms with Crippen LogP contribution in [0.1, 0.15) is 58.3 Å². The summed E-state index contributed by atoms with van der Waals surface area (Å²) in [5.41, 5.74) is -0.212. The number of hydrogen-bond acceptors (Lipinski definition) is 2. The zero-order valence-corrected chi connectivity index (χ0v) is 11.4. The Balaban J connectivity index is 2.06. The van der Waals surface area contributed by atoms with Crippen LogP contribution in [0.2, 0.25) is 0 Å². The molecule has 0 amide bonds. The standard InChI is InChI=1S/C16H24O2/c1-14(17)18-16(13-15-9-5-6-10-15)11-7-3-2-4-8-12-16/h2-3,5,9,15H,4,6-8,10-13H2,1H3. The summed E-state index contributed by atoms with van der Waals surface area (Å²) in [6, 6.07) is 0. The van der Waals surface area contributed by atoms with E-state index in [4.69, 9.17) is 4.74 Å². The van der Waals surface area contributed by atoms with Crippen LogP contribution >= 0.6 is 0 Å². The molecular weight excluding hydrogens is 224 g/mol. The first-order valence-electron chi connectivity index (χ1n) is 7.21. The first-order chi connectivity index (χ1) is 8.70. The molecule has 2 rings (SSSR count). The zero-order valence-electron chi connectivity index (χ0n) is 11.4. The van der Waals surface area contributed by atoms with Gasteiger partial charge < -0.3 is 4.74 Å². The van der Waals surface area contributed by atoms with Gasteiger partial charge in [0.05, 0.1) is 0 Å². The number of hydrogen-bond donors (Lipinski definition) is 0. The van der Waals surface area contributed by atoms with Crippen molar-refractivity contribution >= 4 is 5.97 Å². The summed E-state index contributed by atoms with van der Waals surface area (Å²) in [5, 5.41) is 0. The van der Waals surface area contributed by atoms with Gasteiger partial charge in [0.25, 0.3) is 0 Å². The summed E-state index contributed by atoms with van der Waals surface area (Å²) in [4.78, 5) is 11.4. The van der Waals surface area contributed by atoms with Crippen molar-refractivity contribution in [2.45, 2.75) is 63.9 Å². The van der Waals surface area contributed by atoms with Gasteiger partial charge in [0.1, 0.15) is 5.60 Å². The normalized spacial score (nSPS) is 31.9. The van der Waals surface area contributed by atoms with Crippen LogP contribution in [0.4, 0.5) is 0 Å². The zero-order chi connectivity index (χ0) is 12.8. The lowest BCUT2D eigenvalue weighted by atomic mass is 9.81. The molecule has 2 nitrogen and oxygen atoms in total. The predicted octanol–water partition coefficient (Wildman–Crippen LogP) is 4.16. The van der Waals surface area contributed by atoms with Gasteiger partial charge in [-0.3, -0.25) is 4.79 Å². The molecule has 2 heteroatoms. The fourth-order valence-corrected chi connectivity index (χ4v) is 3.25. The number of carbonyl (C=O) groups excluding carboxylic acids is 1. The minimum Gasteiger partial charge on any atom is -0.459 e. The lowest BCUT2D eigenvalue weighted by molar-refractivity contribution is -0.160. The minimum absolute atomic E-state index is 0.124. The first kappa shape index (κ1) is 13.4. The minimum atomic E-state index is -0.212. The molecule has 0 bridgehead atoms. The van der Waals surface area contributed by atoms with E-state index in [0.29, 0.717) is 5.92 Å². The molecule has 18 heavy (non-hydrogen) atoms. The summed E-state index contributed by atoms with van der Waals surface area (Å²) in [5.74, 6) is 0.481. The number of esters is 1. The van der Waals surface area contributed by atoms with Gasteiger partial charge in [0.15, 0.2) is 0 Å². The molecule has 0 N–H and O–H groups in total. The van der Waals surface area contributed by atoms with Crippen LogP contribution in [0.15, 0.2) is 24.3 Å². The topological polar surface area (TPSA) is 26.3 Å². The Morgan fingerprint density at radius 2 is 2.06 bits per heavy atom. The molecule has 0 heterocycles. The average Bonchev–Trinajstić information content (AvgIpc) is 2.75. The molecule has 0 spiro atoms. The highest BCUT2D eigenvalue weighted by Gasteiger charge is 2.35. The van der Waals surface area contributed by atoms with Crippen LogP contribution in [0.25, 0.3) is 0 Å². The van der Waals surface area contributed by atoms with Crippen molar-refractivity contribution in [2.24, 2.45) is 5.92 Å². The summed E-state index contributed by atoms with van der Waals surface area (Å²) in [7, 11) is 0. The SMILES string of the molecule is CC(=O)OC1(CC2C=CCC2)CCC=CCCC1. The van der Waals surface area contributed by atoms with Crippen LogP contribution in [-0.4, -0.2) is 11.6 Å². The summed E-state index contributed by atoms with van der Waals surface area (Å²) < 4.78 is 5.77. The molecule has 2 aliphatic rings. The van der Waals surface area contributed by atoms with Crippen molar-refractivity contribution in [1.82, 2.24) is 0 Å². The average molecular weight is 248 g/mol. The Morgan fingerprint density at radius 1 is 1.22 bits per heavy atom. The van der Waals surface area contributed by atoms with E-state index in [0.717, 1.165) is 38.5 Å². The molecule has 0 saturated heterocycles. The van der Waals surface area contributed by atoms with Gasteiger partial charge in [-0.05, 0) is 57.3 Å². The highest BCUT2D eigenvalue weighted by atomic mass is 16.6. The van der Waals surface area contributed by atoms with Gasteiger partial charge in [0, 0.05) is 6.92 Å². The maximum Gasteiger partial charge on any atom is 0.303 e. The molecule has 2 aliphatic carbocycles. The molecule has 0 aromatic carbocycles. The number of carbonyl (C=O) groups is 1. The van der Waals surface area contributed by atoms with Gasteiger partial charge in [-0.1, -0.05) is 24.3 Å². The third kappa shape index (κ3) is 3.72. The number of rotatable bonds is 3. The number of ether oxygens (including phenoxy) is 1. The highest BCUT2D eigenvalue weighted by Crippen LogP contribution is 2.37. The molecule has 0 saturated carbocycles. The van der Waals surface area contributed by atoms with E-state index in [1.54, 1.807) is 6.92 Å². The van der Waals surface area contributed by atoms with Crippen molar-refractivity contribution in [3.8, 4) is 0 Å². The van der Waals surface area contributed by atoms with E-state index in [-0.39, 0.29) is 11.6 Å². The predicted molar refractivity (Wildman–Crippen MR) is 73.2 cm³/mol. The molecule has 0 aromatic rings. The van der Waals surface area contributed by atoms with Crippen molar-refractivity contribution in [2.75, 3.05) is 0 Å². The summed E-state index contributed by atoms with van der Waals surface area (Å²) >= 11 is 0. The molecule has 0 aromatic heterocycles. The monoisotopic (exact) mass is 248 g/mol. The second-order valence-electron chi connectivity index (χ2n) is 5.65. The van der Waals surface area contributed by atoms with Crippen LogP contribution < -0.4 is 0 Å². The summed E-state index contributed by atoms with van der Waals surface area (Å²) in [6.45, 7) is 1.54. The maximum atomic E-state index is 11.4. The second-order valence-corrected chi connectivity index (χ2v) is 5.65. The largest absolute Gasteiger partial charge is 0.459 e. The smallest absolute Gasteiger partial charge is 0.303 e. The number of allylic oxidation sites excluding steroid dienone is 4. The Morgan fingerprint density at radius 3 is 2.78 bits per heavy atom. The van der Waals surface area contributed by atoms with Crippen LogP contribution in [0.3, 0.4) is 0 Å². The van der Waals surface area contributed by atoms with Crippen LogP contribution in [0.5, 0.6) is 0 Å². The molecule has 100 valence electrons. The molecule has 0 fully saturated rings. The van der Waals surface area contributed by atoms with E-state index in [9.17, 15) is 4.79 Å². The Labute approximate surface area is 110 Å². The first-order valence-corrected chi connectivity index (χ1v) is 7.21. The van der Waals surface area contributed by atoms with Crippen molar-refractivity contribution in [1.29, 1.82) is 0 Å². The highest BCUT2D eigenvalue weighted by molar-refractivity contribution is 5.66. The Bertz CT molecular complexity index is 343. The van der Waals surface area contributed by atoms with Crippen LogP contribution in [0, 0.1) is 5.92 Å². The third-order valence-electron chi connectivity index (χ3n) is 4.04. The lowest BCUT2D eigenvalue weighted by Gasteiger charge is -2.36. The maximum absolute atomic E-state index is 11.4.